The van der Waals surface area contributed by atoms with Gasteiger partial charge in [-0.25, -0.2) is 9.37 Å². The monoisotopic (exact) mass is 270 g/mol. The lowest BCUT2D eigenvalue weighted by Gasteiger charge is -2.11. The van der Waals surface area contributed by atoms with Crippen LogP contribution in [-0.2, 0) is 0 Å². The summed E-state index contributed by atoms with van der Waals surface area (Å²) in [6.07, 6.45) is 3.50. The molecule has 0 fully saturated rings. The first-order valence-electron chi connectivity index (χ1n) is 6.42. The fraction of sp³-hybridized carbons (Fsp3) is 0.200. The number of hydrogen-bond acceptors (Lipinski definition) is 3. The molecule has 3 aromatic rings. The minimum Gasteiger partial charge on any atom is -0.322 e. The Labute approximate surface area is 116 Å². The smallest absolute Gasteiger partial charge is 0.131 e. The minimum absolute atomic E-state index is 0.258. The number of fused-ring (bicyclic) bond motifs is 1. The predicted octanol–water partition coefficient (Wildman–Crippen LogP) is 2.89. The highest BCUT2D eigenvalue weighted by atomic mass is 19.1. The molecule has 0 saturated heterocycles. The third kappa shape index (κ3) is 2.06. The van der Waals surface area contributed by atoms with Crippen molar-refractivity contribution < 1.29 is 4.39 Å². The van der Waals surface area contributed by atoms with E-state index in [9.17, 15) is 4.39 Å². The fourth-order valence-electron chi connectivity index (χ4n) is 2.31. The third-order valence-corrected chi connectivity index (χ3v) is 3.17. The van der Waals surface area contributed by atoms with E-state index in [1.165, 1.54) is 12.1 Å². The summed E-state index contributed by atoms with van der Waals surface area (Å²) in [7, 11) is 0. The Balaban J connectivity index is 2.36. The Bertz CT molecular complexity index is 777. The minimum atomic E-state index is -0.296. The number of aryl methyl sites for hydroxylation is 1. The van der Waals surface area contributed by atoms with Crippen LogP contribution in [-0.4, -0.2) is 14.5 Å². The molecule has 0 aliphatic heterocycles. The van der Waals surface area contributed by atoms with Gasteiger partial charge in [-0.15, -0.1) is 0 Å². The molecule has 0 aliphatic rings. The maximum atomic E-state index is 13.5. The van der Waals surface area contributed by atoms with Crippen LogP contribution in [0.1, 0.15) is 24.4 Å². The molecule has 1 aromatic carbocycles. The molecule has 2 heterocycles. The molecule has 20 heavy (non-hydrogen) atoms. The first-order chi connectivity index (χ1) is 9.56. The maximum absolute atomic E-state index is 13.5. The summed E-state index contributed by atoms with van der Waals surface area (Å²) >= 11 is 0. The van der Waals surface area contributed by atoms with Gasteiger partial charge in [-0.05, 0) is 37.6 Å². The quantitative estimate of drug-likeness (QED) is 0.779. The van der Waals surface area contributed by atoms with E-state index in [4.69, 9.17) is 5.73 Å². The zero-order valence-electron chi connectivity index (χ0n) is 11.3. The van der Waals surface area contributed by atoms with E-state index < -0.39 is 0 Å². The molecular formula is C15H15FN4. The van der Waals surface area contributed by atoms with Gasteiger partial charge >= 0.3 is 0 Å². The second kappa shape index (κ2) is 4.68. The van der Waals surface area contributed by atoms with E-state index in [-0.39, 0.29) is 11.9 Å². The van der Waals surface area contributed by atoms with Crippen molar-refractivity contribution in [3.8, 4) is 5.69 Å². The third-order valence-electron chi connectivity index (χ3n) is 3.17. The van der Waals surface area contributed by atoms with E-state index in [1.54, 1.807) is 18.5 Å². The van der Waals surface area contributed by atoms with Gasteiger partial charge in [-0.2, -0.15) is 0 Å². The van der Waals surface area contributed by atoms with Gasteiger partial charge in [0.25, 0.3) is 0 Å². The Kier molecular flexibility index (Phi) is 2.99. The van der Waals surface area contributed by atoms with Crippen LogP contribution in [0.15, 0.2) is 36.7 Å². The highest BCUT2D eigenvalue weighted by Crippen LogP contribution is 2.25. The van der Waals surface area contributed by atoms with Gasteiger partial charge in [0.1, 0.15) is 11.6 Å². The van der Waals surface area contributed by atoms with E-state index >= 15 is 0 Å². The highest BCUT2D eigenvalue weighted by Gasteiger charge is 2.16. The number of aromatic nitrogens is 3. The molecule has 2 N–H and O–H groups in total. The number of nitrogens with two attached hydrogens (primary N) is 1. The van der Waals surface area contributed by atoms with Gasteiger partial charge in [-0.1, -0.05) is 0 Å². The van der Waals surface area contributed by atoms with E-state index in [0.29, 0.717) is 11.3 Å². The lowest BCUT2D eigenvalue weighted by Crippen LogP contribution is -2.12. The van der Waals surface area contributed by atoms with Crippen LogP contribution >= 0.6 is 0 Å². The molecule has 0 spiro atoms. The van der Waals surface area contributed by atoms with E-state index in [2.05, 4.69) is 9.97 Å². The fourth-order valence-corrected chi connectivity index (χ4v) is 2.31. The summed E-state index contributed by atoms with van der Waals surface area (Å²) in [5, 5.41) is 0. The normalized spacial score (nSPS) is 12.8. The summed E-state index contributed by atoms with van der Waals surface area (Å²) < 4.78 is 15.4. The zero-order valence-corrected chi connectivity index (χ0v) is 11.3. The van der Waals surface area contributed by atoms with Crippen molar-refractivity contribution in [2.45, 2.75) is 19.9 Å². The summed E-state index contributed by atoms with van der Waals surface area (Å²) in [6, 6.07) is 6.25. The number of hydrogen-bond donors (Lipinski definition) is 1. The molecule has 0 radical (unpaired) electrons. The number of halogens is 1. The van der Waals surface area contributed by atoms with Crippen molar-refractivity contribution in [1.82, 2.24) is 14.5 Å². The second-order valence-electron chi connectivity index (χ2n) is 4.95. The van der Waals surface area contributed by atoms with Crippen LogP contribution in [0, 0.1) is 12.7 Å². The van der Waals surface area contributed by atoms with Crippen molar-refractivity contribution in [3.63, 3.8) is 0 Å². The number of nitrogens with zero attached hydrogens (tertiary/aromatic N) is 3. The SMILES string of the molecule is Cc1cncc(-n2c(C(C)N)nc3ccc(F)cc32)c1. The zero-order chi connectivity index (χ0) is 14.3. The number of benzene rings is 1. The molecule has 1 atom stereocenters. The van der Waals surface area contributed by atoms with Crippen LogP contribution in [0.5, 0.6) is 0 Å². The molecule has 0 saturated carbocycles. The Morgan fingerprint density at radius 3 is 2.75 bits per heavy atom. The molecule has 3 rings (SSSR count). The highest BCUT2D eigenvalue weighted by molar-refractivity contribution is 5.78. The van der Waals surface area contributed by atoms with E-state index in [0.717, 1.165) is 16.8 Å². The van der Waals surface area contributed by atoms with Crippen molar-refractivity contribution in [2.24, 2.45) is 5.73 Å². The van der Waals surface area contributed by atoms with Gasteiger partial charge < -0.3 is 5.73 Å². The number of pyridine rings is 1. The van der Waals surface area contributed by atoms with Crippen molar-refractivity contribution in [1.29, 1.82) is 0 Å². The first kappa shape index (κ1) is 12.7. The molecule has 4 nitrogen and oxygen atoms in total. The molecule has 2 aromatic heterocycles. The van der Waals surface area contributed by atoms with Crippen LogP contribution < -0.4 is 5.73 Å². The average Bonchev–Trinajstić information content (AvgIpc) is 2.77. The van der Waals surface area contributed by atoms with Gasteiger partial charge in [0.05, 0.1) is 29.0 Å². The van der Waals surface area contributed by atoms with Gasteiger partial charge in [0.2, 0.25) is 0 Å². The molecule has 0 bridgehead atoms. The Morgan fingerprint density at radius 1 is 1.25 bits per heavy atom. The van der Waals surface area contributed by atoms with Gasteiger partial charge in [-0.3, -0.25) is 9.55 Å². The predicted molar refractivity (Wildman–Crippen MR) is 76.2 cm³/mol. The largest absolute Gasteiger partial charge is 0.322 e. The summed E-state index contributed by atoms with van der Waals surface area (Å²) in [4.78, 5) is 8.69. The Hall–Kier alpha value is -2.27. The number of rotatable bonds is 2. The van der Waals surface area contributed by atoms with Crippen LogP contribution in [0.3, 0.4) is 0 Å². The standard InChI is InChI=1S/C15H15FN4/c1-9-5-12(8-18-7-9)20-14-6-11(16)3-4-13(14)19-15(20)10(2)17/h3-8,10H,17H2,1-2H3. The molecule has 5 heteroatoms. The molecule has 0 aliphatic carbocycles. The molecular weight excluding hydrogens is 255 g/mol. The average molecular weight is 270 g/mol. The van der Waals surface area contributed by atoms with Crippen LogP contribution in [0.2, 0.25) is 0 Å². The molecule has 102 valence electrons. The molecule has 0 amide bonds. The van der Waals surface area contributed by atoms with Crippen molar-refractivity contribution >= 4 is 11.0 Å². The summed E-state index contributed by atoms with van der Waals surface area (Å²) in [5.74, 6) is 0.397. The molecule has 1 unspecified atom stereocenters. The van der Waals surface area contributed by atoms with Crippen molar-refractivity contribution in [2.75, 3.05) is 0 Å². The lowest BCUT2D eigenvalue weighted by molar-refractivity contribution is 0.629. The Morgan fingerprint density at radius 2 is 2.05 bits per heavy atom. The summed E-state index contributed by atoms with van der Waals surface area (Å²) in [5.41, 5.74) is 9.28. The van der Waals surface area contributed by atoms with E-state index in [1.807, 2.05) is 24.5 Å². The van der Waals surface area contributed by atoms with Gasteiger partial charge in [0, 0.05) is 12.3 Å². The van der Waals surface area contributed by atoms with Gasteiger partial charge in [0.15, 0.2) is 0 Å². The number of imidazole rings is 1. The van der Waals surface area contributed by atoms with Crippen LogP contribution in [0.25, 0.3) is 16.7 Å². The second-order valence-corrected chi connectivity index (χ2v) is 4.95. The summed E-state index contributed by atoms with van der Waals surface area (Å²) in [6.45, 7) is 3.82. The van der Waals surface area contributed by atoms with Crippen molar-refractivity contribution in [3.05, 3.63) is 53.9 Å². The first-order valence-corrected chi connectivity index (χ1v) is 6.42. The van der Waals surface area contributed by atoms with Crippen LogP contribution in [0.4, 0.5) is 4.39 Å². The maximum Gasteiger partial charge on any atom is 0.131 e. The topological polar surface area (TPSA) is 56.7 Å². The lowest BCUT2D eigenvalue weighted by atomic mass is 10.2.